The van der Waals surface area contributed by atoms with Crippen LogP contribution in [0, 0.1) is 0 Å². The van der Waals surface area contributed by atoms with Crippen LogP contribution in [0.1, 0.15) is 26.7 Å². The van der Waals surface area contributed by atoms with Crippen molar-refractivity contribution in [1.29, 1.82) is 0 Å². The lowest BCUT2D eigenvalue weighted by Crippen LogP contribution is -2.52. The number of carbonyl (C=O) groups excluding carboxylic acids is 1. The van der Waals surface area contributed by atoms with Crippen molar-refractivity contribution in [2.75, 3.05) is 32.6 Å². The lowest BCUT2D eigenvalue weighted by atomic mass is 10.1. The highest BCUT2D eigenvalue weighted by atomic mass is 19.1. The van der Waals surface area contributed by atoms with Crippen molar-refractivity contribution in [3.8, 4) is 0 Å². The molecule has 0 aromatic heterocycles. The molecule has 23 heavy (non-hydrogen) atoms. The Hall–Kier alpha value is -1.88. The number of unbranched alkanes of at least 4 members (excludes halogenated alkanes) is 1. The van der Waals surface area contributed by atoms with Crippen LogP contribution < -0.4 is 4.90 Å². The molecule has 0 bridgehead atoms. The third kappa shape index (κ3) is 3.11. The normalized spacial score (nSPS) is 20.1. The van der Waals surface area contributed by atoms with E-state index in [0.717, 1.165) is 18.5 Å². The number of benzene rings is 1. The molecule has 0 N–H and O–H groups in total. The molecule has 1 aromatic carbocycles. The molecule has 1 heterocycles. The fourth-order valence-electron chi connectivity index (χ4n) is 2.88. The molecule has 4 nitrogen and oxygen atoms in total. The summed E-state index contributed by atoms with van der Waals surface area (Å²) >= 11 is 0. The first-order valence-corrected chi connectivity index (χ1v) is 8.12. The van der Waals surface area contributed by atoms with E-state index in [4.69, 9.17) is 0 Å². The van der Waals surface area contributed by atoms with Crippen LogP contribution in [0.15, 0.2) is 41.6 Å². The van der Waals surface area contributed by atoms with Crippen LogP contribution in [0.5, 0.6) is 0 Å². The summed E-state index contributed by atoms with van der Waals surface area (Å²) < 4.78 is 15.0. The van der Waals surface area contributed by atoms with Gasteiger partial charge in [0.05, 0.1) is 26.8 Å². The molecule has 1 unspecified atom stereocenters. The summed E-state index contributed by atoms with van der Waals surface area (Å²) in [4.78, 5) is 14.8. The number of quaternary nitrogens is 1. The van der Waals surface area contributed by atoms with Gasteiger partial charge in [-0.3, -0.25) is 4.79 Å². The van der Waals surface area contributed by atoms with E-state index in [1.54, 1.807) is 24.0 Å². The van der Waals surface area contributed by atoms with E-state index in [0.29, 0.717) is 12.2 Å². The average molecular weight is 320 g/mol. The standard InChI is InChI=1S/C18H27FN3O/c1-6-7-13-21(15-11-9-8-10-12-15)18(23)16-14(2)20(3)22(4,5)17(16)19/h8-12,17H,6-7,13H2,1-5H3/q+1. The predicted octanol–water partition coefficient (Wildman–Crippen LogP) is 3.33. The number of para-hydroxylation sites is 1. The topological polar surface area (TPSA) is 23.6 Å². The Morgan fingerprint density at radius 1 is 1.30 bits per heavy atom. The van der Waals surface area contributed by atoms with Gasteiger partial charge in [0.15, 0.2) is 0 Å². The number of hydrogen-bond acceptors (Lipinski definition) is 2. The van der Waals surface area contributed by atoms with Crippen molar-refractivity contribution in [2.24, 2.45) is 0 Å². The van der Waals surface area contributed by atoms with Crippen molar-refractivity contribution < 1.29 is 13.8 Å². The van der Waals surface area contributed by atoms with Gasteiger partial charge in [0.1, 0.15) is 5.57 Å². The van der Waals surface area contributed by atoms with E-state index in [1.165, 1.54) is 0 Å². The zero-order valence-corrected chi connectivity index (χ0v) is 14.7. The second-order valence-corrected chi connectivity index (χ2v) is 6.48. The third-order valence-electron chi connectivity index (χ3n) is 4.72. The number of amides is 1. The molecular weight excluding hydrogens is 293 g/mol. The van der Waals surface area contributed by atoms with Crippen LogP contribution in [-0.2, 0) is 4.79 Å². The maximum Gasteiger partial charge on any atom is 0.287 e. The lowest BCUT2D eigenvalue weighted by molar-refractivity contribution is -1.01. The van der Waals surface area contributed by atoms with Gasteiger partial charge in [0.2, 0.25) is 0 Å². The van der Waals surface area contributed by atoms with Crippen LogP contribution in [0.25, 0.3) is 0 Å². The van der Waals surface area contributed by atoms with Gasteiger partial charge in [-0.15, -0.1) is 0 Å². The predicted molar refractivity (Wildman–Crippen MR) is 91.2 cm³/mol. The molecule has 0 radical (unpaired) electrons. The first-order chi connectivity index (χ1) is 10.8. The lowest BCUT2D eigenvalue weighted by Gasteiger charge is -2.34. The minimum atomic E-state index is -1.35. The van der Waals surface area contributed by atoms with Gasteiger partial charge in [-0.2, -0.15) is 8.98 Å². The molecule has 0 saturated carbocycles. The fourth-order valence-corrected chi connectivity index (χ4v) is 2.88. The molecule has 5 heteroatoms. The van der Waals surface area contributed by atoms with Crippen LogP contribution in [0.4, 0.5) is 10.1 Å². The molecule has 0 saturated heterocycles. The Kier molecular flexibility index (Phi) is 5.09. The van der Waals surface area contributed by atoms with Gasteiger partial charge in [-0.05, 0) is 25.5 Å². The molecule has 1 atom stereocenters. The molecule has 0 spiro atoms. The van der Waals surface area contributed by atoms with Gasteiger partial charge in [-0.25, -0.2) is 5.01 Å². The number of allylic oxidation sites excluding steroid dienone is 1. The Labute approximate surface area is 138 Å². The Morgan fingerprint density at radius 3 is 2.39 bits per heavy atom. The van der Waals surface area contributed by atoms with Crippen LogP contribution in [-0.4, -0.2) is 49.5 Å². The summed E-state index contributed by atoms with van der Waals surface area (Å²) in [5.41, 5.74) is 1.78. The Balaban J connectivity index is 2.38. The Bertz CT molecular complexity index is 598. The summed E-state index contributed by atoms with van der Waals surface area (Å²) in [7, 11) is 5.36. The first kappa shape index (κ1) is 17.5. The SMILES string of the molecule is CCCCN(C(=O)C1=C(C)N(C)[N+](C)(C)C1F)c1ccccc1. The number of halogens is 1. The van der Waals surface area contributed by atoms with Crippen LogP contribution in [0.3, 0.4) is 0 Å². The second-order valence-electron chi connectivity index (χ2n) is 6.48. The summed E-state index contributed by atoms with van der Waals surface area (Å²) in [5, 5.41) is 1.81. The Morgan fingerprint density at radius 2 is 1.91 bits per heavy atom. The summed E-state index contributed by atoms with van der Waals surface area (Å²) in [6, 6.07) is 9.51. The van der Waals surface area contributed by atoms with Crippen molar-refractivity contribution in [1.82, 2.24) is 5.01 Å². The smallest absolute Gasteiger partial charge is 0.287 e. The van der Waals surface area contributed by atoms with Crippen molar-refractivity contribution in [3.05, 3.63) is 41.6 Å². The first-order valence-electron chi connectivity index (χ1n) is 8.12. The highest BCUT2D eigenvalue weighted by molar-refractivity contribution is 6.06. The summed E-state index contributed by atoms with van der Waals surface area (Å²) in [6.07, 6.45) is 0.521. The largest absolute Gasteiger partial charge is 0.308 e. The van der Waals surface area contributed by atoms with E-state index in [2.05, 4.69) is 6.92 Å². The highest BCUT2D eigenvalue weighted by Gasteiger charge is 2.49. The van der Waals surface area contributed by atoms with E-state index in [9.17, 15) is 9.18 Å². The van der Waals surface area contributed by atoms with Crippen LogP contribution in [0.2, 0.25) is 0 Å². The van der Waals surface area contributed by atoms with Crippen molar-refractivity contribution in [3.63, 3.8) is 0 Å². The number of anilines is 1. The minimum absolute atomic E-state index is 0.0172. The minimum Gasteiger partial charge on any atom is -0.308 e. The molecular formula is C18H27FN3O+. The molecule has 1 aromatic rings. The number of alkyl halides is 1. The van der Waals surface area contributed by atoms with Gasteiger partial charge < -0.3 is 4.90 Å². The average Bonchev–Trinajstić information content (AvgIpc) is 2.69. The molecule has 1 aliphatic heterocycles. The van der Waals surface area contributed by atoms with E-state index in [1.807, 2.05) is 44.3 Å². The zero-order chi connectivity index (χ0) is 17.2. The number of rotatable bonds is 5. The van der Waals surface area contributed by atoms with E-state index < -0.39 is 6.30 Å². The van der Waals surface area contributed by atoms with E-state index >= 15 is 0 Å². The molecule has 126 valence electrons. The van der Waals surface area contributed by atoms with Gasteiger partial charge in [0, 0.05) is 12.2 Å². The third-order valence-corrected chi connectivity index (χ3v) is 4.72. The highest BCUT2D eigenvalue weighted by Crippen LogP contribution is 2.34. The molecule has 1 aliphatic rings. The number of nitrogens with zero attached hydrogens (tertiary/aromatic N) is 3. The fraction of sp³-hybridized carbons (Fsp3) is 0.500. The van der Waals surface area contributed by atoms with Crippen LogP contribution >= 0.6 is 0 Å². The zero-order valence-electron chi connectivity index (χ0n) is 14.7. The quantitative estimate of drug-likeness (QED) is 0.614. The molecule has 1 amide bonds. The maximum absolute atomic E-state index is 14.9. The molecule has 2 rings (SSSR count). The second kappa shape index (κ2) is 6.71. The molecule has 0 fully saturated rings. The monoisotopic (exact) mass is 320 g/mol. The number of carbonyl (C=O) groups is 1. The maximum atomic E-state index is 14.9. The number of likely N-dealkylation sites (N-methyl/N-ethyl adjacent to an activating group) is 1. The summed E-state index contributed by atoms with van der Waals surface area (Å²) in [6.45, 7) is 4.50. The van der Waals surface area contributed by atoms with Gasteiger partial charge in [0.25, 0.3) is 12.2 Å². The number of hydrogen-bond donors (Lipinski definition) is 0. The van der Waals surface area contributed by atoms with Gasteiger partial charge in [-0.1, -0.05) is 31.5 Å². The summed E-state index contributed by atoms with van der Waals surface area (Å²) in [5.74, 6) is -0.231. The van der Waals surface area contributed by atoms with Crippen molar-refractivity contribution >= 4 is 11.6 Å². The van der Waals surface area contributed by atoms with Crippen molar-refractivity contribution in [2.45, 2.75) is 33.0 Å². The van der Waals surface area contributed by atoms with Gasteiger partial charge >= 0.3 is 0 Å². The molecule has 0 aliphatic carbocycles. The van der Waals surface area contributed by atoms with E-state index in [-0.39, 0.29) is 16.1 Å².